The predicted molar refractivity (Wildman–Crippen MR) is 69.3 cm³/mol. The largest absolute Gasteiger partial charge is 0.481 e. The van der Waals surface area contributed by atoms with Gasteiger partial charge in [0, 0.05) is 18.6 Å². The molecular weight excluding hydrogens is 218 g/mol. The Balaban J connectivity index is 4.17. The first-order valence-electron chi connectivity index (χ1n) is 6.13. The summed E-state index contributed by atoms with van der Waals surface area (Å²) in [5, 5.41) is 8.72. The molecule has 0 saturated carbocycles. The van der Waals surface area contributed by atoms with Crippen molar-refractivity contribution in [3.8, 4) is 0 Å². The van der Waals surface area contributed by atoms with Crippen molar-refractivity contribution < 1.29 is 14.6 Å². The maximum Gasteiger partial charge on any atom is 0.304 e. The Morgan fingerprint density at radius 3 is 2.00 bits per heavy atom. The molecule has 0 spiro atoms. The summed E-state index contributed by atoms with van der Waals surface area (Å²) < 4.78 is 5.67. The van der Waals surface area contributed by atoms with Gasteiger partial charge < -0.3 is 9.84 Å². The second-order valence-corrected chi connectivity index (χ2v) is 6.26. The number of carboxylic acids is 1. The van der Waals surface area contributed by atoms with Crippen LogP contribution in [-0.4, -0.2) is 46.8 Å². The van der Waals surface area contributed by atoms with Gasteiger partial charge in [0.2, 0.25) is 0 Å². The van der Waals surface area contributed by atoms with Gasteiger partial charge in [-0.3, -0.25) is 9.69 Å². The van der Waals surface area contributed by atoms with Crippen molar-refractivity contribution in [3.05, 3.63) is 0 Å². The molecule has 0 aliphatic rings. The molecular formula is C13H27NO3. The molecule has 0 amide bonds. The van der Waals surface area contributed by atoms with E-state index in [-0.39, 0.29) is 17.6 Å². The lowest BCUT2D eigenvalue weighted by Gasteiger charge is -2.36. The fourth-order valence-electron chi connectivity index (χ4n) is 1.48. The molecule has 0 bridgehead atoms. The minimum Gasteiger partial charge on any atom is -0.481 e. The van der Waals surface area contributed by atoms with Gasteiger partial charge in [-0.1, -0.05) is 0 Å². The summed E-state index contributed by atoms with van der Waals surface area (Å²) in [7, 11) is 0. The van der Waals surface area contributed by atoms with E-state index in [1.165, 1.54) is 0 Å². The zero-order chi connectivity index (χ0) is 13.7. The standard InChI is InChI=1S/C13H27NO3/c1-12(2,3)14(8-7-11(15)16)9-10-17-13(4,5)6/h7-10H2,1-6H3,(H,15,16). The van der Waals surface area contributed by atoms with Crippen molar-refractivity contribution in [2.45, 2.75) is 59.1 Å². The average Bonchev–Trinajstić information content (AvgIpc) is 2.06. The SMILES string of the molecule is CC(C)(C)OCCN(CCC(=O)O)C(C)(C)C. The van der Waals surface area contributed by atoms with Crippen LogP contribution < -0.4 is 0 Å². The molecule has 0 aliphatic heterocycles. The number of carbonyl (C=O) groups is 1. The predicted octanol–water partition coefficient (Wildman–Crippen LogP) is 2.38. The molecule has 0 atom stereocenters. The number of hydrogen-bond acceptors (Lipinski definition) is 3. The van der Waals surface area contributed by atoms with Gasteiger partial charge in [-0.2, -0.15) is 0 Å². The van der Waals surface area contributed by atoms with Crippen molar-refractivity contribution in [3.63, 3.8) is 0 Å². The van der Waals surface area contributed by atoms with Gasteiger partial charge in [-0.25, -0.2) is 0 Å². The monoisotopic (exact) mass is 245 g/mol. The van der Waals surface area contributed by atoms with Gasteiger partial charge in [-0.05, 0) is 41.5 Å². The highest BCUT2D eigenvalue weighted by molar-refractivity contribution is 5.66. The first kappa shape index (κ1) is 16.4. The van der Waals surface area contributed by atoms with E-state index in [9.17, 15) is 4.79 Å². The fourth-order valence-corrected chi connectivity index (χ4v) is 1.48. The first-order chi connectivity index (χ1) is 7.52. The van der Waals surface area contributed by atoms with E-state index < -0.39 is 5.97 Å². The van der Waals surface area contributed by atoms with Crippen LogP contribution >= 0.6 is 0 Å². The molecule has 0 aromatic carbocycles. The summed E-state index contributed by atoms with van der Waals surface area (Å²) >= 11 is 0. The Hall–Kier alpha value is -0.610. The third-order valence-corrected chi connectivity index (χ3v) is 2.44. The molecule has 17 heavy (non-hydrogen) atoms. The zero-order valence-corrected chi connectivity index (χ0v) is 12.0. The zero-order valence-electron chi connectivity index (χ0n) is 12.0. The van der Waals surface area contributed by atoms with Crippen molar-refractivity contribution in [2.75, 3.05) is 19.7 Å². The van der Waals surface area contributed by atoms with E-state index in [1.807, 2.05) is 20.8 Å². The van der Waals surface area contributed by atoms with Gasteiger partial charge in [0.1, 0.15) is 0 Å². The maximum absolute atomic E-state index is 10.6. The van der Waals surface area contributed by atoms with E-state index in [0.29, 0.717) is 13.2 Å². The van der Waals surface area contributed by atoms with Crippen LogP contribution in [0, 0.1) is 0 Å². The van der Waals surface area contributed by atoms with Crippen LogP contribution in [-0.2, 0) is 9.53 Å². The third kappa shape index (κ3) is 9.12. The van der Waals surface area contributed by atoms with Gasteiger partial charge >= 0.3 is 5.97 Å². The van der Waals surface area contributed by atoms with E-state index in [2.05, 4.69) is 25.7 Å². The quantitative estimate of drug-likeness (QED) is 0.780. The summed E-state index contributed by atoms with van der Waals surface area (Å²) in [6, 6.07) is 0. The molecule has 0 aromatic rings. The number of rotatable bonds is 6. The van der Waals surface area contributed by atoms with Crippen molar-refractivity contribution in [1.82, 2.24) is 4.90 Å². The van der Waals surface area contributed by atoms with Crippen LogP contribution in [0.4, 0.5) is 0 Å². The van der Waals surface area contributed by atoms with Crippen LogP contribution in [0.15, 0.2) is 0 Å². The molecule has 0 aromatic heterocycles. The molecule has 0 aliphatic carbocycles. The Labute approximate surface area is 105 Å². The van der Waals surface area contributed by atoms with E-state index >= 15 is 0 Å². The highest BCUT2D eigenvalue weighted by Gasteiger charge is 2.22. The van der Waals surface area contributed by atoms with Crippen LogP contribution in [0.1, 0.15) is 48.0 Å². The summed E-state index contributed by atoms with van der Waals surface area (Å²) in [4.78, 5) is 12.8. The van der Waals surface area contributed by atoms with Crippen molar-refractivity contribution in [1.29, 1.82) is 0 Å². The topological polar surface area (TPSA) is 49.8 Å². The molecule has 4 nitrogen and oxygen atoms in total. The Kier molecular flexibility index (Phi) is 6.13. The number of aliphatic carboxylic acids is 1. The molecule has 0 radical (unpaired) electrons. The molecule has 0 unspecified atom stereocenters. The second-order valence-electron chi connectivity index (χ2n) is 6.26. The Morgan fingerprint density at radius 1 is 1.12 bits per heavy atom. The van der Waals surface area contributed by atoms with E-state index in [0.717, 1.165) is 6.54 Å². The van der Waals surface area contributed by atoms with Crippen molar-refractivity contribution in [2.24, 2.45) is 0 Å². The van der Waals surface area contributed by atoms with E-state index in [4.69, 9.17) is 9.84 Å². The molecule has 102 valence electrons. The molecule has 0 saturated heterocycles. The minimum absolute atomic E-state index is 0.0311. The van der Waals surface area contributed by atoms with E-state index in [1.54, 1.807) is 0 Å². The van der Waals surface area contributed by atoms with Crippen LogP contribution in [0.3, 0.4) is 0 Å². The van der Waals surface area contributed by atoms with Crippen LogP contribution in [0.5, 0.6) is 0 Å². The lowest BCUT2D eigenvalue weighted by atomic mass is 10.1. The lowest BCUT2D eigenvalue weighted by molar-refractivity contribution is -0.137. The summed E-state index contributed by atoms with van der Waals surface area (Å²) in [5.74, 6) is -0.754. The minimum atomic E-state index is -0.754. The number of ether oxygens (including phenoxy) is 1. The molecule has 0 rings (SSSR count). The number of hydrogen-bond donors (Lipinski definition) is 1. The van der Waals surface area contributed by atoms with Crippen LogP contribution in [0.2, 0.25) is 0 Å². The second kappa shape index (κ2) is 6.36. The van der Waals surface area contributed by atoms with Gasteiger partial charge in [0.15, 0.2) is 0 Å². The highest BCUT2D eigenvalue weighted by Crippen LogP contribution is 2.14. The molecule has 0 heterocycles. The number of nitrogens with zero attached hydrogens (tertiary/aromatic N) is 1. The third-order valence-electron chi connectivity index (χ3n) is 2.44. The Bertz CT molecular complexity index is 238. The Morgan fingerprint density at radius 2 is 1.65 bits per heavy atom. The maximum atomic E-state index is 10.6. The molecule has 4 heteroatoms. The van der Waals surface area contributed by atoms with Crippen LogP contribution in [0.25, 0.3) is 0 Å². The number of carboxylic acid groups (broad SMARTS) is 1. The smallest absolute Gasteiger partial charge is 0.304 e. The normalized spacial score (nSPS) is 13.1. The highest BCUT2D eigenvalue weighted by atomic mass is 16.5. The summed E-state index contributed by atoms with van der Waals surface area (Å²) in [6.07, 6.45) is 0.173. The van der Waals surface area contributed by atoms with Gasteiger partial charge in [0.25, 0.3) is 0 Å². The molecule has 0 fully saturated rings. The summed E-state index contributed by atoms with van der Waals surface area (Å²) in [6.45, 7) is 14.3. The lowest BCUT2D eigenvalue weighted by Crippen LogP contribution is -2.45. The van der Waals surface area contributed by atoms with Gasteiger partial charge in [-0.15, -0.1) is 0 Å². The molecule has 1 N–H and O–H groups in total. The van der Waals surface area contributed by atoms with Crippen molar-refractivity contribution >= 4 is 5.97 Å². The average molecular weight is 245 g/mol. The van der Waals surface area contributed by atoms with Gasteiger partial charge in [0.05, 0.1) is 18.6 Å². The fraction of sp³-hybridized carbons (Fsp3) is 0.923. The summed E-state index contributed by atoms with van der Waals surface area (Å²) in [5.41, 5.74) is -0.174. The first-order valence-corrected chi connectivity index (χ1v) is 6.13.